The molecule has 0 saturated heterocycles. The summed E-state index contributed by atoms with van der Waals surface area (Å²) in [5, 5.41) is 5.22. The Bertz CT molecular complexity index is 763. The van der Waals surface area contributed by atoms with Gasteiger partial charge in [-0.05, 0) is 35.9 Å². The lowest BCUT2D eigenvalue weighted by Gasteiger charge is -2.10. The highest BCUT2D eigenvalue weighted by Crippen LogP contribution is 2.33. The van der Waals surface area contributed by atoms with Crippen LogP contribution in [-0.4, -0.2) is 11.5 Å². The minimum atomic E-state index is 0.779. The highest BCUT2D eigenvalue weighted by molar-refractivity contribution is 6.33. The van der Waals surface area contributed by atoms with E-state index in [2.05, 4.69) is 41.5 Å². The van der Waals surface area contributed by atoms with Gasteiger partial charge >= 0.3 is 0 Å². The zero-order valence-electron chi connectivity index (χ0n) is 11.9. The Morgan fingerprint density at radius 1 is 1.05 bits per heavy atom. The Hall–Kier alpha value is -1.90. The van der Waals surface area contributed by atoms with Crippen LogP contribution in [0.1, 0.15) is 12.5 Å². The molecule has 0 aliphatic carbocycles. The van der Waals surface area contributed by atoms with Crippen LogP contribution in [0, 0.1) is 0 Å². The van der Waals surface area contributed by atoms with Crippen molar-refractivity contribution >= 4 is 22.5 Å². The Morgan fingerprint density at radius 3 is 2.76 bits per heavy atom. The molecule has 2 nitrogen and oxygen atoms in total. The lowest BCUT2D eigenvalue weighted by molar-refractivity contribution is 0.727. The standard InChI is InChI=1S/C18H17ClN2/c1-2-20-12-13-8-9-15(17(19)11-13)14-5-3-7-18-16(14)6-4-10-21-18/h3-11,20H,2,12H2,1H3. The summed E-state index contributed by atoms with van der Waals surface area (Å²) in [5.41, 5.74) is 4.36. The Labute approximate surface area is 129 Å². The van der Waals surface area contributed by atoms with E-state index < -0.39 is 0 Å². The third kappa shape index (κ3) is 2.92. The van der Waals surface area contributed by atoms with E-state index in [1.807, 2.05) is 30.5 Å². The predicted octanol–water partition coefficient (Wildman–Crippen LogP) is 4.66. The van der Waals surface area contributed by atoms with Gasteiger partial charge in [0.15, 0.2) is 0 Å². The zero-order valence-corrected chi connectivity index (χ0v) is 12.7. The van der Waals surface area contributed by atoms with Gasteiger partial charge in [0.05, 0.1) is 5.52 Å². The largest absolute Gasteiger partial charge is 0.313 e. The second kappa shape index (κ2) is 6.25. The lowest BCUT2D eigenvalue weighted by Crippen LogP contribution is -2.11. The number of nitrogens with zero attached hydrogens (tertiary/aromatic N) is 1. The molecular weight excluding hydrogens is 280 g/mol. The Morgan fingerprint density at radius 2 is 1.95 bits per heavy atom. The van der Waals surface area contributed by atoms with Gasteiger partial charge in [-0.1, -0.05) is 48.9 Å². The molecule has 0 fully saturated rings. The zero-order chi connectivity index (χ0) is 14.7. The van der Waals surface area contributed by atoms with Crippen LogP contribution in [0.2, 0.25) is 5.02 Å². The van der Waals surface area contributed by atoms with Gasteiger partial charge in [-0.25, -0.2) is 0 Å². The first-order valence-electron chi connectivity index (χ1n) is 7.13. The lowest BCUT2D eigenvalue weighted by atomic mass is 9.99. The van der Waals surface area contributed by atoms with Gasteiger partial charge in [0.1, 0.15) is 0 Å². The van der Waals surface area contributed by atoms with E-state index in [1.165, 1.54) is 5.56 Å². The number of hydrogen-bond acceptors (Lipinski definition) is 2. The normalized spacial score (nSPS) is 11.0. The summed E-state index contributed by atoms with van der Waals surface area (Å²) in [7, 11) is 0. The van der Waals surface area contributed by atoms with E-state index in [9.17, 15) is 0 Å². The molecule has 0 amide bonds. The van der Waals surface area contributed by atoms with Gasteiger partial charge < -0.3 is 5.32 Å². The van der Waals surface area contributed by atoms with E-state index in [-0.39, 0.29) is 0 Å². The predicted molar refractivity (Wildman–Crippen MR) is 89.6 cm³/mol. The topological polar surface area (TPSA) is 24.9 Å². The van der Waals surface area contributed by atoms with Crippen LogP contribution in [0.4, 0.5) is 0 Å². The van der Waals surface area contributed by atoms with Gasteiger partial charge in [-0.2, -0.15) is 0 Å². The molecule has 3 rings (SSSR count). The number of pyridine rings is 1. The van der Waals surface area contributed by atoms with E-state index in [0.29, 0.717) is 0 Å². The van der Waals surface area contributed by atoms with Gasteiger partial charge in [0.25, 0.3) is 0 Å². The maximum absolute atomic E-state index is 6.50. The number of nitrogens with one attached hydrogen (secondary N) is 1. The van der Waals surface area contributed by atoms with Crippen LogP contribution >= 0.6 is 11.6 Å². The molecule has 3 heteroatoms. The van der Waals surface area contributed by atoms with Crippen LogP contribution in [0.15, 0.2) is 54.7 Å². The van der Waals surface area contributed by atoms with Gasteiger partial charge in [-0.3, -0.25) is 4.98 Å². The molecule has 1 N–H and O–H groups in total. The van der Waals surface area contributed by atoms with Crippen LogP contribution in [0.5, 0.6) is 0 Å². The summed E-state index contributed by atoms with van der Waals surface area (Å²) in [6.07, 6.45) is 1.81. The van der Waals surface area contributed by atoms with E-state index in [1.54, 1.807) is 0 Å². The van der Waals surface area contributed by atoms with Crippen molar-refractivity contribution in [1.29, 1.82) is 0 Å². The molecule has 0 spiro atoms. The van der Waals surface area contributed by atoms with Gasteiger partial charge in [0, 0.05) is 28.7 Å². The van der Waals surface area contributed by atoms with Gasteiger partial charge in [0.2, 0.25) is 0 Å². The average Bonchev–Trinajstić information content (AvgIpc) is 2.53. The monoisotopic (exact) mass is 296 g/mol. The second-order valence-electron chi connectivity index (χ2n) is 4.97. The highest BCUT2D eigenvalue weighted by atomic mass is 35.5. The number of benzene rings is 2. The summed E-state index contributed by atoms with van der Waals surface area (Å²) < 4.78 is 0. The number of halogens is 1. The van der Waals surface area contributed by atoms with Crippen molar-refractivity contribution in [2.75, 3.05) is 6.54 Å². The van der Waals surface area contributed by atoms with Gasteiger partial charge in [-0.15, -0.1) is 0 Å². The molecule has 1 aromatic heterocycles. The van der Waals surface area contributed by atoms with Crippen molar-refractivity contribution in [2.24, 2.45) is 0 Å². The minimum Gasteiger partial charge on any atom is -0.313 e. The van der Waals surface area contributed by atoms with Crippen molar-refractivity contribution in [3.05, 3.63) is 65.3 Å². The minimum absolute atomic E-state index is 0.779. The Kier molecular flexibility index (Phi) is 4.18. The summed E-state index contributed by atoms with van der Waals surface area (Å²) in [6.45, 7) is 3.89. The molecule has 21 heavy (non-hydrogen) atoms. The Balaban J connectivity index is 2.06. The maximum atomic E-state index is 6.50. The molecule has 0 aliphatic rings. The molecule has 106 valence electrons. The van der Waals surface area contributed by atoms with Crippen molar-refractivity contribution in [1.82, 2.24) is 10.3 Å². The third-order valence-electron chi connectivity index (χ3n) is 3.55. The maximum Gasteiger partial charge on any atom is 0.0708 e. The molecule has 0 bridgehead atoms. The van der Waals surface area contributed by atoms with Crippen LogP contribution in [0.25, 0.3) is 22.0 Å². The summed E-state index contributed by atoms with van der Waals surface area (Å²) in [4.78, 5) is 4.40. The first-order valence-corrected chi connectivity index (χ1v) is 7.50. The molecule has 3 aromatic rings. The van der Waals surface area contributed by atoms with E-state index >= 15 is 0 Å². The van der Waals surface area contributed by atoms with Crippen molar-refractivity contribution < 1.29 is 0 Å². The van der Waals surface area contributed by atoms with Crippen molar-refractivity contribution in [3.8, 4) is 11.1 Å². The summed E-state index contributed by atoms with van der Waals surface area (Å²) in [5.74, 6) is 0. The first-order chi connectivity index (χ1) is 10.3. The third-order valence-corrected chi connectivity index (χ3v) is 3.86. The molecule has 2 aromatic carbocycles. The second-order valence-corrected chi connectivity index (χ2v) is 5.38. The number of aromatic nitrogens is 1. The summed E-state index contributed by atoms with van der Waals surface area (Å²) >= 11 is 6.50. The van der Waals surface area contributed by atoms with Crippen LogP contribution in [0.3, 0.4) is 0 Å². The van der Waals surface area contributed by atoms with Crippen molar-refractivity contribution in [3.63, 3.8) is 0 Å². The highest BCUT2D eigenvalue weighted by Gasteiger charge is 2.08. The fraction of sp³-hybridized carbons (Fsp3) is 0.167. The fourth-order valence-corrected chi connectivity index (χ4v) is 2.80. The van der Waals surface area contributed by atoms with Crippen LogP contribution in [-0.2, 0) is 6.54 Å². The quantitative estimate of drug-likeness (QED) is 0.757. The van der Waals surface area contributed by atoms with E-state index in [4.69, 9.17) is 11.6 Å². The van der Waals surface area contributed by atoms with Crippen LogP contribution < -0.4 is 5.32 Å². The first kappa shape index (κ1) is 14.1. The molecule has 0 radical (unpaired) electrons. The number of rotatable bonds is 4. The molecule has 0 unspecified atom stereocenters. The molecule has 1 heterocycles. The summed E-state index contributed by atoms with van der Waals surface area (Å²) in [6, 6.07) is 16.4. The smallest absolute Gasteiger partial charge is 0.0708 e. The van der Waals surface area contributed by atoms with Crippen molar-refractivity contribution in [2.45, 2.75) is 13.5 Å². The number of hydrogen-bond donors (Lipinski definition) is 1. The molecule has 0 saturated carbocycles. The SMILES string of the molecule is CCNCc1ccc(-c2cccc3ncccc23)c(Cl)c1. The average molecular weight is 297 g/mol. The van der Waals surface area contributed by atoms with E-state index in [0.717, 1.165) is 40.1 Å². The number of fused-ring (bicyclic) bond motifs is 1. The molecular formula is C18H17ClN2. The molecule has 0 aliphatic heterocycles. The molecule has 0 atom stereocenters. The fourth-order valence-electron chi connectivity index (χ4n) is 2.49.